The molecule has 1 aliphatic rings. The molecule has 3 aromatic rings. The van der Waals surface area contributed by atoms with E-state index in [2.05, 4.69) is 46.0 Å². The molecule has 0 atom stereocenters. The van der Waals surface area contributed by atoms with E-state index in [-0.39, 0.29) is 5.91 Å². The number of nitrogens with zero attached hydrogens (tertiary/aromatic N) is 3. The SMILES string of the molecule is Cc1ccc(C)n1-c1ccc(C(=O)N/N=C\c2ccc(N3CCCC3)o2)cc1. The number of benzene rings is 1. The molecule has 6 heteroatoms. The van der Waals surface area contributed by atoms with Crippen molar-refractivity contribution >= 4 is 18.0 Å². The molecule has 1 amide bonds. The number of anilines is 1. The molecule has 28 heavy (non-hydrogen) atoms. The van der Waals surface area contributed by atoms with E-state index in [1.165, 1.54) is 19.1 Å². The zero-order valence-electron chi connectivity index (χ0n) is 16.2. The van der Waals surface area contributed by atoms with Gasteiger partial charge in [-0.05, 0) is 69.2 Å². The molecule has 1 fully saturated rings. The zero-order chi connectivity index (χ0) is 19.5. The van der Waals surface area contributed by atoms with Gasteiger partial charge in [-0.2, -0.15) is 5.10 Å². The van der Waals surface area contributed by atoms with Crippen molar-refractivity contribution in [3.8, 4) is 5.69 Å². The van der Waals surface area contributed by atoms with Crippen molar-refractivity contribution in [2.75, 3.05) is 18.0 Å². The molecule has 0 saturated carbocycles. The van der Waals surface area contributed by atoms with Gasteiger partial charge in [-0.1, -0.05) is 0 Å². The number of hydrogen-bond donors (Lipinski definition) is 1. The third-order valence-electron chi connectivity index (χ3n) is 5.05. The summed E-state index contributed by atoms with van der Waals surface area (Å²) in [5.41, 5.74) is 6.46. The number of carbonyl (C=O) groups is 1. The van der Waals surface area contributed by atoms with Crippen LogP contribution in [0.2, 0.25) is 0 Å². The van der Waals surface area contributed by atoms with Crippen LogP contribution in [0.15, 0.2) is 58.0 Å². The first-order chi connectivity index (χ1) is 13.6. The first kappa shape index (κ1) is 18.1. The number of hydrazone groups is 1. The molecule has 3 heterocycles. The molecular formula is C22H24N4O2. The number of amides is 1. The molecule has 0 bridgehead atoms. The smallest absolute Gasteiger partial charge is 0.271 e. The molecule has 0 unspecified atom stereocenters. The maximum absolute atomic E-state index is 12.3. The van der Waals surface area contributed by atoms with Gasteiger partial charge in [0.25, 0.3) is 5.91 Å². The van der Waals surface area contributed by atoms with Gasteiger partial charge in [0.05, 0.1) is 6.21 Å². The average Bonchev–Trinajstić information content (AvgIpc) is 3.44. The Morgan fingerprint density at radius 2 is 1.68 bits per heavy atom. The van der Waals surface area contributed by atoms with Crippen LogP contribution < -0.4 is 10.3 Å². The monoisotopic (exact) mass is 376 g/mol. The topological polar surface area (TPSA) is 62.8 Å². The molecule has 2 aromatic heterocycles. The summed E-state index contributed by atoms with van der Waals surface area (Å²) in [6.07, 6.45) is 3.92. The van der Waals surface area contributed by atoms with E-state index in [0.29, 0.717) is 11.3 Å². The lowest BCUT2D eigenvalue weighted by atomic mass is 10.2. The summed E-state index contributed by atoms with van der Waals surface area (Å²) in [6.45, 7) is 6.18. The highest BCUT2D eigenvalue weighted by Crippen LogP contribution is 2.22. The lowest BCUT2D eigenvalue weighted by Crippen LogP contribution is -2.17. The molecule has 0 spiro atoms. The minimum Gasteiger partial charge on any atom is -0.440 e. The molecule has 144 valence electrons. The number of carbonyl (C=O) groups excluding carboxylic acids is 1. The van der Waals surface area contributed by atoms with Crippen molar-refractivity contribution in [3.63, 3.8) is 0 Å². The van der Waals surface area contributed by atoms with Gasteiger partial charge in [-0.15, -0.1) is 0 Å². The lowest BCUT2D eigenvalue weighted by molar-refractivity contribution is 0.0955. The van der Waals surface area contributed by atoms with E-state index in [9.17, 15) is 4.79 Å². The molecule has 6 nitrogen and oxygen atoms in total. The zero-order valence-corrected chi connectivity index (χ0v) is 16.2. The van der Waals surface area contributed by atoms with E-state index in [1.807, 2.05) is 24.3 Å². The summed E-state index contributed by atoms with van der Waals surface area (Å²) in [5, 5.41) is 4.02. The van der Waals surface area contributed by atoms with Crippen LogP contribution in [0.5, 0.6) is 0 Å². The fourth-order valence-electron chi connectivity index (χ4n) is 3.58. The number of rotatable bonds is 5. The second-order valence-corrected chi connectivity index (χ2v) is 7.07. The Labute approximate surface area is 164 Å². The van der Waals surface area contributed by atoms with E-state index in [4.69, 9.17) is 4.42 Å². The standard InChI is InChI=1S/C22H24N4O2/c1-16-5-6-17(2)26(16)19-9-7-18(8-10-19)22(27)24-23-15-20-11-12-21(28-20)25-13-3-4-14-25/h5-12,15H,3-4,13-14H2,1-2H3,(H,24,27)/b23-15-. The summed E-state index contributed by atoms with van der Waals surface area (Å²) < 4.78 is 7.90. The molecule has 0 aliphatic carbocycles. The van der Waals surface area contributed by atoms with Crippen molar-refractivity contribution in [2.45, 2.75) is 26.7 Å². The highest BCUT2D eigenvalue weighted by Gasteiger charge is 2.15. The molecular weight excluding hydrogens is 352 g/mol. The van der Waals surface area contributed by atoms with Crippen LogP contribution in [0.1, 0.15) is 40.3 Å². The van der Waals surface area contributed by atoms with Gasteiger partial charge in [0.1, 0.15) is 5.76 Å². The van der Waals surface area contributed by atoms with E-state index in [1.54, 1.807) is 12.1 Å². The largest absolute Gasteiger partial charge is 0.440 e. The third kappa shape index (κ3) is 3.71. The Bertz CT molecular complexity index is 972. The Morgan fingerprint density at radius 1 is 1.00 bits per heavy atom. The van der Waals surface area contributed by atoms with Crippen LogP contribution >= 0.6 is 0 Å². The van der Waals surface area contributed by atoms with Crippen LogP contribution in [-0.2, 0) is 0 Å². The second kappa shape index (κ2) is 7.76. The van der Waals surface area contributed by atoms with Crippen LogP contribution in [-0.4, -0.2) is 29.8 Å². The minimum absolute atomic E-state index is 0.255. The van der Waals surface area contributed by atoms with Crippen LogP contribution in [0.4, 0.5) is 5.88 Å². The van der Waals surface area contributed by atoms with Gasteiger partial charge in [0, 0.05) is 41.8 Å². The molecule has 1 saturated heterocycles. The Kier molecular flexibility index (Phi) is 5.02. The molecule has 1 N–H and O–H groups in total. The van der Waals surface area contributed by atoms with Gasteiger partial charge in [-0.25, -0.2) is 5.43 Å². The quantitative estimate of drug-likeness (QED) is 0.540. The van der Waals surface area contributed by atoms with Crippen molar-refractivity contribution in [1.82, 2.24) is 9.99 Å². The first-order valence-corrected chi connectivity index (χ1v) is 9.55. The fourth-order valence-corrected chi connectivity index (χ4v) is 3.58. The molecule has 1 aliphatic heterocycles. The van der Waals surface area contributed by atoms with Crippen molar-refractivity contribution in [2.24, 2.45) is 5.10 Å². The summed E-state index contributed by atoms with van der Waals surface area (Å²) >= 11 is 0. The lowest BCUT2D eigenvalue weighted by Gasteiger charge is -2.12. The third-order valence-corrected chi connectivity index (χ3v) is 5.05. The van der Waals surface area contributed by atoms with Crippen LogP contribution in [0.25, 0.3) is 5.69 Å². The van der Waals surface area contributed by atoms with Crippen molar-refractivity contribution in [3.05, 3.63) is 71.2 Å². The minimum atomic E-state index is -0.255. The maximum atomic E-state index is 12.3. The molecule has 0 radical (unpaired) electrons. The van der Waals surface area contributed by atoms with Crippen molar-refractivity contribution in [1.29, 1.82) is 0 Å². The molecule has 1 aromatic carbocycles. The van der Waals surface area contributed by atoms with E-state index in [0.717, 1.165) is 36.0 Å². The predicted octanol–water partition coefficient (Wildman–Crippen LogP) is 4.05. The number of furan rings is 1. The number of hydrogen-bond acceptors (Lipinski definition) is 4. The normalized spacial score (nSPS) is 14.1. The first-order valence-electron chi connectivity index (χ1n) is 9.55. The van der Waals surface area contributed by atoms with Crippen molar-refractivity contribution < 1.29 is 9.21 Å². The van der Waals surface area contributed by atoms with Gasteiger partial charge in [0.15, 0.2) is 5.88 Å². The summed E-state index contributed by atoms with van der Waals surface area (Å²) in [6, 6.07) is 15.4. The molecule has 4 rings (SSSR count). The van der Waals surface area contributed by atoms with E-state index >= 15 is 0 Å². The van der Waals surface area contributed by atoms with Crippen LogP contribution in [0.3, 0.4) is 0 Å². The maximum Gasteiger partial charge on any atom is 0.271 e. The van der Waals surface area contributed by atoms with E-state index < -0.39 is 0 Å². The van der Waals surface area contributed by atoms with Gasteiger partial charge in [-0.3, -0.25) is 4.79 Å². The predicted molar refractivity (Wildman–Crippen MR) is 110 cm³/mol. The summed E-state index contributed by atoms with van der Waals surface area (Å²) in [5.74, 6) is 1.22. The number of aryl methyl sites for hydroxylation is 2. The Hall–Kier alpha value is -3.28. The highest BCUT2D eigenvalue weighted by atomic mass is 16.4. The van der Waals surface area contributed by atoms with Gasteiger partial charge in [0.2, 0.25) is 0 Å². The van der Waals surface area contributed by atoms with Gasteiger partial charge >= 0.3 is 0 Å². The average molecular weight is 376 g/mol. The Morgan fingerprint density at radius 3 is 2.36 bits per heavy atom. The summed E-state index contributed by atoms with van der Waals surface area (Å²) in [4.78, 5) is 14.5. The Balaban J connectivity index is 1.38. The number of nitrogens with one attached hydrogen (secondary N) is 1. The second-order valence-electron chi connectivity index (χ2n) is 7.07. The van der Waals surface area contributed by atoms with Gasteiger partial charge < -0.3 is 13.9 Å². The number of aromatic nitrogens is 1. The fraction of sp³-hybridized carbons (Fsp3) is 0.273. The summed E-state index contributed by atoms with van der Waals surface area (Å²) in [7, 11) is 0. The highest BCUT2D eigenvalue weighted by molar-refractivity contribution is 5.94. The van der Waals surface area contributed by atoms with Crippen LogP contribution in [0, 0.1) is 13.8 Å².